The molecule has 124 valence electrons. The molecule has 0 fully saturated rings. The first-order valence-electron chi connectivity index (χ1n) is 7.89. The van der Waals surface area contributed by atoms with Gasteiger partial charge in [-0.2, -0.15) is 0 Å². The van der Waals surface area contributed by atoms with Crippen LogP contribution in [0.3, 0.4) is 0 Å². The van der Waals surface area contributed by atoms with Crippen LogP contribution in [0.2, 0.25) is 0 Å². The normalized spacial score (nSPS) is 13.0. The van der Waals surface area contributed by atoms with Crippen molar-refractivity contribution in [2.45, 2.75) is 0 Å². The molecule has 0 atom stereocenters. The van der Waals surface area contributed by atoms with Crippen LogP contribution in [0.5, 0.6) is 17.2 Å². The Balaban J connectivity index is 2.00. The Bertz CT molecular complexity index is 1000. The standard InChI is InChI=1S/C21H16O4/c1-23-14-8-6-13(7-9-14)17-12-20(22)25-19-5-3-4-16-18(24-2)11-10-15(17)21(16)19/h3-12H,1-2H3. The lowest BCUT2D eigenvalue weighted by Crippen LogP contribution is -2.03. The number of hydrogen-bond acceptors (Lipinski definition) is 4. The van der Waals surface area contributed by atoms with Crippen molar-refractivity contribution in [1.82, 2.24) is 0 Å². The third kappa shape index (κ3) is 2.52. The minimum atomic E-state index is -0.395. The van der Waals surface area contributed by atoms with Crippen LogP contribution < -0.4 is 14.2 Å². The zero-order chi connectivity index (χ0) is 17.4. The Morgan fingerprint density at radius 2 is 1.68 bits per heavy atom. The fourth-order valence-electron chi connectivity index (χ4n) is 3.18. The molecule has 1 heterocycles. The van der Waals surface area contributed by atoms with Gasteiger partial charge >= 0.3 is 5.97 Å². The van der Waals surface area contributed by atoms with Crippen molar-refractivity contribution in [3.63, 3.8) is 0 Å². The third-order valence-corrected chi connectivity index (χ3v) is 4.35. The topological polar surface area (TPSA) is 44.8 Å². The number of rotatable bonds is 3. The van der Waals surface area contributed by atoms with Gasteiger partial charge in [0.2, 0.25) is 0 Å². The molecule has 0 radical (unpaired) electrons. The van der Waals surface area contributed by atoms with Crippen molar-refractivity contribution >= 4 is 22.3 Å². The molecular formula is C21H16O4. The largest absolute Gasteiger partial charge is 0.497 e. The lowest BCUT2D eigenvalue weighted by Gasteiger charge is -2.13. The first kappa shape index (κ1) is 15.3. The number of esters is 1. The smallest absolute Gasteiger partial charge is 0.336 e. The van der Waals surface area contributed by atoms with Gasteiger partial charge in [-0.15, -0.1) is 0 Å². The Morgan fingerprint density at radius 3 is 2.40 bits per heavy atom. The second-order valence-electron chi connectivity index (χ2n) is 5.70. The van der Waals surface area contributed by atoms with Gasteiger partial charge in [0.15, 0.2) is 0 Å². The number of carbonyl (C=O) groups excluding carboxylic acids is 1. The van der Waals surface area contributed by atoms with Gasteiger partial charge in [0, 0.05) is 16.8 Å². The molecule has 0 unspecified atom stereocenters. The predicted octanol–water partition coefficient (Wildman–Crippen LogP) is 4.21. The van der Waals surface area contributed by atoms with Gasteiger partial charge in [-0.25, -0.2) is 4.79 Å². The van der Waals surface area contributed by atoms with Crippen LogP contribution in [-0.4, -0.2) is 20.2 Å². The number of hydrogen-bond donors (Lipinski definition) is 0. The van der Waals surface area contributed by atoms with Gasteiger partial charge in [-0.3, -0.25) is 0 Å². The molecule has 4 rings (SSSR count). The zero-order valence-electron chi connectivity index (χ0n) is 13.9. The van der Waals surface area contributed by atoms with Gasteiger partial charge in [0.25, 0.3) is 0 Å². The molecule has 0 saturated heterocycles. The molecule has 0 bridgehead atoms. The summed E-state index contributed by atoms with van der Waals surface area (Å²) in [6, 6.07) is 17.1. The van der Waals surface area contributed by atoms with E-state index in [1.807, 2.05) is 48.5 Å². The average Bonchev–Trinajstić information content (AvgIpc) is 2.80. The minimum absolute atomic E-state index is 0.395. The van der Waals surface area contributed by atoms with Crippen molar-refractivity contribution in [1.29, 1.82) is 0 Å². The lowest BCUT2D eigenvalue weighted by atomic mass is 9.92. The molecule has 0 aliphatic carbocycles. The number of methoxy groups -OCH3 is 2. The first-order valence-corrected chi connectivity index (χ1v) is 7.89. The van der Waals surface area contributed by atoms with E-state index in [0.717, 1.165) is 39.0 Å². The van der Waals surface area contributed by atoms with Gasteiger partial charge < -0.3 is 14.2 Å². The fraction of sp³-hybridized carbons (Fsp3) is 0.0952. The van der Waals surface area contributed by atoms with E-state index in [4.69, 9.17) is 14.2 Å². The summed E-state index contributed by atoms with van der Waals surface area (Å²) in [5.41, 5.74) is 2.66. The molecule has 1 aliphatic heterocycles. The van der Waals surface area contributed by atoms with Gasteiger partial charge in [-0.1, -0.05) is 24.3 Å². The van der Waals surface area contributed by atoms with Crippen LogP contribution in [0.1, 0.15) is 11.1 Å². The number of benzene rings is 3. The SMILES string of the molecule is COc1ccc(C2=CC(=O)Oc3cccc4c(OC)ccc2c34)cc1. The summed E-state index contributed by atoms with van der Waals surface area (Å²) in [6.45, 7) is 0. The quantitative estimate of drug-likeness (QED) is 0.532. The van der Waals surface area contributed by atoms with Crippen LogP contribution in [0.25, 0.3) is 16.3 Å². The van der Waals surface area contributed by atoms with Crippen LogP contribution in [0.15, 0.2) is 60.7 Å². The van der Waals surface area contributed by atoms with Crippen molar-refractivity contribution < 1.29 is 19.0 Å². The van der Waals surface area contributed by atoms with Crippen molar-refractivity contribution in [2.75, 3.05) is 14.2 Å². The Morgan fingerprint density at radius 1 is 0.880 bits per heavy atom. The van der Waals surface area contributed by atoms with Gasteiger partial charge in [0.1, 0.15) is 17.2 Å². The highest BCUT2D eigenvalue weighted by Gasteiger charge is 2.21. The minimum Gasteiger partial charge on any atom is -0.497 e. The van der Waals surface area contributed by atoms with Crippen molar-refractivity contribution in [3.05, 3.63) is 71.8 Å². The monoisotopic (exact) mass is 332 g/mol. The molecule has 4 heteroatoms. The first-order chi connectivity index (χ1) is 12.2. The molecule has 4 nitrogen and oxygen atoms in total. The maximum Gasteiger partial charge on any atom is 0.336 e. The second-order valence-corrected chi connectivity index (χ2v) is 5.70. The molecule has 0 saturated carbocycles. The Hall–Kier alpha value is -3.27. The summed E-state index contributed by atoms with van der Waals surface area (Å²) in [5.74, 6) is 1.65. The average molecular weight is 332 g/mol. The lowest BCUT2D eigenvalue weighted by molar-refractivity contribution is -0.128. The summed E-state index contributed by atoms with van der Waals surface area (Å²) in [6.07, 6.45) is 1.53. The van der Waals surface area contributed by atoms with E-state index in [-0.39, 0.29) is 0 Å². The van der Waals surface area contributed by atoms with Crippen LogP contribution in [-0.2, 0) is 4.79 Å². The number of carbonyl (C=O) groups is 1. The maximum absolute atomic E-state index is 12.3. The molecule has 0 spiro atoms. The van der Waals surface area contributed by atoms with Crippen molar-refractivity contribution in [2.24, 2.45) is 0 Å². The molecular weight excluding hydrogens is 316 g/mol. The summed E-state index contributed by atoms with van der Waals surface area (Å²) in [7, 11) is 3.26. The number of ether oxygens (including phenoxy) is 3. The van der Waals surface area contributed by atoms with Crippen LogP contribution >= 0.6 is 0 Å². The summed E-state index contributed by atoms with van der Waals surface area (Å²) >= 11 is 0. The molecule has 3 aromatic carbocycles. The fourth-order valence-corrected chi connectivity index (χ4v) is 3.18. The van der Waals surface area contributed by atoms with E-state index in [1.165, 1.54) is 6.08 Å². The van der Waals surface area contributed by atoms with Gasteiger partial charge in [-0.05, 0) is 47.0 Å². The third-order valence-electron chi connectivity index (χ3n) is 4.35. The van der Waals surface area contributed by atoms with E-state index in [0.29, 0.717) is 5.75 Å². The highest BCUT2D eigenvalue weighted by Crippen LogP contribution is 2.41. The molecule has 25 heavy (non-hydrogen) atoms. The summed E-state index contributed by atoms with van der Waals surface area (Å²) in [5, 5.41) is 1.78. The van der Waals surface area contributed by atoms with Crippen molar-refractivity contribution in [3.8, 4) is 17.2 Å². The second kappa shape index (κ2) is 5.98. The predicted molar refractivity (Wildman–Crippen MR) is 96.2 cm³/mol. The summed E-state index contributed by atoms with van der Waals surface area (Å²) < 4.78 is 16.2. The maximum atomic E-state index is 12.3. The zero-order valence-corrected chi connectivity index (χ0v) is 13.9. The van der Waals surface area contributed by atoms with E-state index in [2.05, 4.69) is 0 Å². The molecule has 0 aromatic heterocycles. The van der Waals surface area contributed by atoms with Crippen LogP contribution in [0, 0.1) is 0 Å². The Kier molecular flexibility index (Phi) is 3.65. The Labute approximate surface area is 145 Å². The van der Waals surface area contributed by atoms with Gasteiger partial charge in [0.05, 0.1) is 14.2 Å². The molecule has 0 amide bonds. The van der Waals surface area contributed by atoms with Crippen LogP contribution in [0.4, 0.5) is 0 Å². The molecule has 1 aliphatic rings. The van der Waals surface area contributed by atoms with E-state index < -0.39 is 5.97 Å². The van der Waals surface area contributed by atoms with E-state index >= 15 is 0 Å². The summed E-state index contributed by atoms with van der Waals surface area (Å²) in [4.78, 5) is 12.3. The van der Waals surface area contributed by atoms with E-state index in [9.17, 15) is 4.79 Å². The highest BCUT2D eigenvalue weighted by atomic mass is 16.5. The molecule has 0 N–H and O–H groups in total. The molecule has 3 aromatic rings. The van der Waals surface area contributed by atoms with E-state index in [1.54, 1.807) is 20.3 Å². The highest BCUT2D eigenvalue weighted by molar-refractivity contribution is 6.10.